The molecule has 0 bridgehead atoms. The lowest BCUT2D eigenvalue weighted by Gasteiger charge is -2.27. The van der Waals surface area contributed by atoms with Crippen LogP contribution < -0.4 is 5.73 Å². The molecule has 4 nitrogen and oxygen atoms in total. The summed E-state index contributed by atoms with van der Waals surface area (Å²) in [6.07, 6.45) is 1.36. The van der Waals surface area contributed by atoms with Crippen molar-refractivity contribution in [2.24, 2.45) is 5.73 Å². The lowest BCUT2D eigenvalue weighted by Crippen LogP contribution is -2.40. The highest BCUT2D eigenvalue weighted by atomic mass is 16.5. The molecule has 0 aromatic heterocycles. The van der Waals surface area contributed by atoms with Crippen molar-refractivity contribution in [2.75, 3.05) is 26.7 Å². The molecule has 0 atom stereocenters. The van der Waals surface area contributed by atoms with Crippen LogP contribution in [0.1, 0.15) is 33.6 Å². The van der Waals surface area contributed by atoms with E-state index in [0.717, 1.165) is 13.0 Å². The van der Waals surface area contributed by atoms with Crippen LogP contribution in [0.15, 0.2) is 0 Å². The van der Waals surface area contributed by atoms with E-state index >= 15 is 0 Å². The van der Waals surface area contributed by atoms with Gasteiger partial charge < -0.3 is 15.4 Å². The van der Waals surface area contributed by atoms with Crippen molar-refractivity contribution in [3.63, 3.8) is 0 Å². The van der Waals surface area contributed by atoms with E-state index in [4.69, 9.17) is 10.5 Å². The molecule has 15 heavy (non-hydrogen) atoms. The number of carbonyl (C=O) groups is 1. The molecule has 0 rings (SSSR count). The highest BCUT2D eigenvalue weighted by Crippen LogP contribution is 2.14. The molecule has 0 unspecified atom stereocenters. The Bertz CT molecular complexity index is 187. The molecule has 0 aliphatic rings. The summed E-state index contributed by atoms with van der Waals surface area (Å²) in [5, 5.41) is 0. The summed E-state index contributed by atoms with van der Waals surface area (Å²) < 4.78 is 5.24. The third-order valence-corrected chi connectivity index (χ3v) is 2.37. The standard InChI is InChI=1S/C11H24N2O2/c1-5-7-13(8-6-12)10(14)9-11(2,3)15-4/h5-9,12H2,1-4H3. The van der Waals surface area contributed by atoms with Gasteiger partial charge in [-0.15, -0.1) is 0 Å². The Morgan fingerprint density at radius 2 is 2.00 bits per heavy atom. The van der Waals surface area contributed by atoms with Gasteiger partial charge in [0.2, 0.25) is 5.91 Å². The molecule has 0 saturated carbocycles. The molecule has 90 valence electrons. The lowest BCUT2D eigenvalue weighted by atomic mass is 10.0. The van der Waals surface area contributed by atoms with Gasteiger partial charge in [-0.3, -0.25) is 4.79 Å². The van der Waals surface area contributed by atoms with Gasteiger partial charge in [0, 0.05) is 26.7 Å². The molecule has 0 aliphatic heterocycles. The summed E-state index contributed by atoms with van der Waals surface area (Å²) in [5.74, 6) is 0.120. The Labute approximate surface area is 92.8 Å². The molecular formula is C11H24N2O2. The number of hydrogen-bond donors (Lipinski definition) is 1. The van der Waals surface area contributed by atoms with Crippen LogP contribution >= 0.6 is 0 Å². The van der Waals surface area contributed by atoms with E-state index in [9.17, 15) is 4.79 Å². The maximum Gasteiger partial charge on any atom is 0.225 e. The summed E-state index contributed by atoms with van der Waals surface area (Å²) in [4.78, 5) is 13.7. The molecule has 4 heteroatoms. The van der Waals surface area contributed by atoms with Crippen LogP contribution in [0, 0.1) is 0 Å². The van der Waals surface area contributed by atoms with Crippen LogP contribution in [-0.4, -0.2) is 43.2 Å². The van der Waals surface area contributed by atoms with E-state index in [1.807, 2.05) is 13.8 Å². The first-order chi connectivity index (χ1) is 6.96. The second-order valence-electron chi connectivity index (χ2n) is 4.31. The highest BCUT2D eigenvalue weighted by molar-refractivity contribution is 5.77. The van der Waals surface area contributed by atoms with Crippen LogP contribution in [0.4, 0.5) is 0 Å². The summed E-state index contributed by atoms with van der Waals surface area (Å²) in [5.41, 5.74) is 5.08. The zero-order chi connectivity index (χ0) is 11.9. The van der Waals surface area contributed by atoms with Crippen molar-refractivity contribution >= 4 is 5.91 Å². The largest absolute Gasteiger partial charge is 0.378 e. The monoisotopic (exact) mass is 216 g/mol. The molecule has 0 aromatic rings. The van der Waals surface area contributed by atoms with Crippen LogP contribution in [0.25, 0.3) is 0 Å². The number of rotatable bonds is 7. The highest BCUT2D eigenvalue weighted by Gasteiger charge is 2.24. The fraction of sp³-hybridized carbons (Fsp3) is 0.909. The summed E-state index contributed by atoms with van der Waals surface area (Å²) in [6, 6.07) is 0. The predicted octanol–water partition coefficient (Wildman–Crippen LogP) is 0.999. The smallest absolute Gasteiger partial charge is 0.225 e. The molecule has 2 N–H and O–H groups in total. The Kier molecular flexibility index (Phi) is 6.52. The molecule has 0 fully saturated rings. The molecule has 0 spiro atoms. The van der Waals surface area contributed by atoms with Crippen LogP contribution in [0.2, 0.25) is 0 Å². The molecule has 0 aliphatic carbocycles. The first kappa shape index (κ1) is 14.4. The Hall–Kier alpha value is -0.610. The van der Waals surface area contributed by atoms with Crippen molar-refractivity contribution in [1.82, 2.24) is 4.90 Å². The minimum atomic E-state index is -0.391. The first-order valence-corrected chi connectivity index (χ1v) is 5.50. The second-order valence-corrected chi connectivity index (χ2v) is 4.31. The van der Waals surface area contributed by atoms with Gasteiger partial charge in [0.25, 0.3) is 0 Å². The lowest BCUT2D eigenvalue weighted by molar-refractivity contribution is -0.136. The Morgan fingerprint density at radius 1 is 1.40 bits per heavy atom. The molecular weight excluding hydrogens is 192 g/mol. The van der Waals surface area contributed by atoms with Gasteiger partial charge in [-0.05, 0) is 20.3 Å². The maximum atomic E-state index is 11.9. The van der Waals surface area contributed by atoms with E-state index in [0.29, 0.717) is 19.5 Å². The second kappa shape index (κ2) is 6.80. The number of carbonyl (C=O) groups excluding carboxylic acids is 1. The van der Waals surface area contributed by atoms with Crippen LogP contribution in [0.3, 0.4) is 0 Å². The van der Waals surface area contributed by atoms with Gasteiger partial charge in [-0.25, -0.2) is 0 Å². The molecule has 0 radical (unpaired) electrons. The van der Waals surface area contributed by atoms with Gasteiger partial charge in [0.15, 0.2) is 0 Å². The minimum absolute atomic E-state index is 0.120. The number of nitrogens with zero attached hydrogens (tertiary/aromatic N) is 1. The number of methoxy groups -OCH3 is 1. The maximum absolute atomic E-state index is 11.9. The van der Waals surface area contributed by atoms with Crippen molar-refractivity contribution < 1.29 is 9.53 Å². The first-order valence-electron chi connectivity index (χ1n) is 5.50. The molecule has 0 saturated heterocycles. The topological polar surface area (TPSA) is 55.6 Å². The fourth-order valence-electron chi connectivity index (χ4n) is 1.34. The van der Waals surface area contributed by atoms with Crippen LogP contribution in [-0.2, 0) is 9.53 Å². The number of ether oxygens (including phenoxy) is 1. The third-order valence-electron chi connectivity index (χ3n) is 2.37. The van der Waals surface area contributed by atoms with Crippen molar-refractivity contribution in [2.45, 2.75) is 39.2 Å². The number of amides is 1. The van der Waals surface area contributed by atoms with Crippen molar-refractivity contribution in [3.8, 4) is 0 Å². The molecule has 0 aromatic carbocycles. The zero-order valence-corrected chi connectivity index (χ0v) is 10.4. The minimum Gasteiger partial charge on any atom is -0.378 e. The van der Waals surface area contributed by atoms with Crippen LogP contribution in [0.5, 0.6) is 0 Å². The average Bonchev–Trinajstić information content (AvgIpc) is 2.17. The predicted molar refractivity (Wildman–Crippen MR) is 61.6 cm³/mol. The van der Waals surface area contributed by atoms with E-state index in [1.54, 1.807) is 12.0 Å². The van der Waals surface area contributed by atoms with Crippen molar-refractivity contribution in [3.05, 3.63) is 0 Å². The Morgan fingerprint density at radius 3 is 2.40 bits per heavy atom. The Balaban J connectivity index is 4.24. The summed E-state index contributed by atoms with van der Waals surface area (Å²) in [6.45, 7) is 7.80. The fourth-order valence-corrected chi connectivity index (χ4v) is 1.34. The molecule has 1 amide bonds. The van der Waals surface area contributed by atoms with Gasteiger partial charge in [-0.2, -0.15) is 0 Å². The summed E-state index contributed by atoms with van der Waals surface area (Å²) in [7, 11) is 1.63. The average molecular weight is 216 g/mol. The SMILES string of the molecule is CCCN(CCN)C(=O)CC(C)(C)OC. The number of hydrogen-bond acceptors (Lipinski definition) is 3. The van der Waals surface area contributed by atoms with E-state index < -0.39 is 5.60 Å². The van der Waals surface area contributed by atoms with E-state index in [1.165, 1.54) is 0 Å². The van der Waals surface area contributed by atoms with Gasteiger partial charge >= 0.3 is 0 Å². The van der Waals surface area contributed by atoms with Gasteiger partial charge in [-0.1, -0.05) is 6.92 Å². The van der Waals surface area contributed by atoms with Gasteiger partial charge in [0.1, 0.15) is 0 Å². The van der Waals surface area contributed by atoms with E-state index in [-0.39, 0.29) is 5.91 Å². The zero-order valence-electron chi connectivity index (χ0n) is 10.4. The summed E-state index contributed by atoms with van der Waals surface area (Å²) >= 11 is 0. The normalized spacial score (nSPS) is 11.5. The third kappa shape index (κ3) is 5.74. The number of nitrogens with two attached hydrogens (primary N) is 1. The van der Waals surface area contributed by atoms with E-state index in [2.05, 4.69) is 6.92 Å². The van der Waals surface area contributed by atoms with Crippen molar-refractivity contribution in [1.29, 1.82) is 0 Å². The quantitative estimate of drug-likeness (QED) is 0.690. The van der Waals surface area contributed by atoms with Gasteiger partial charge in [0.05, 0.1) is 12.0 Å². The molecule has 0 heterocycles.